The summed E-state index contributed by atoms with van der Waals surface area (Å²) in [6.07, 6.45) is 3.56. The molecule has 2 aromatic heterocycles. The van der Waals surface area contributed by atoms with Crippen LogP contribution in [0.4, 0.5) is 5.82 Å². The molecule has 0 saturated heterocycles. The molecule has 30 heavy (non-hydrogen) atoms. The van der Waals surface area contributed by atoms with Crippen LogP contribution in [-0.2, 0) is 5.54 Å². The number of nitrogen functional groups attached to an aromatic ring is 1. The predicted octanol–water partition coefficient (Wildman–Crippen LogP) is 5.54. The minimum atomic E-state index is -0.168. The van der Waals surface area contributed by atoms with Crippen LogP contribution in [0.2, 0.25) is 0 Å². The molecule has 0 aliphatic rings. The van der Waals surface area contributed by atoms with Crippen LogP contribution < -0.4 is 15.2 Å². The van der Waals surface area contributed by atoms with Crippen LogP contribution in [0.25, 0.3) is 22.2 Å². The van der Waals surface area contributed by atoms with Crippen molar-refractivity contribution >= 4 is 16.9 Å². The zero-order valence-electron chi connectivity index (χ0n) is 17.9. The normalized spacial score (nSPS) is 11.6. The van der Waals surface area contributed by atoms with Crippen molar-refractivity contribution in [1.82, 2.24) is 14.5 Å². The average Bonchev–Trinajstić information content (AvgIpc) is 3.09. The van der Waals surface area contributed by atoms with Gasteiger partial charge in [0.2, 0.25) is 0 Å². The molecule has 2 heterocycles. The third-order valence-electron chi connectivity index (χ3n) is 5.02. The summed E-state index contributed by atoms with van der Waals surface area (Å²) in [4.78, 5) is 8.71. The zero-order valence-corrected chi connectivity index (χ0v) is 17.9. The Balaban J connectivity index is 1.84. The molecule has 0 aliphatic heterocycles. The Kier molecular flexibility index (Phi) is 4.86. The van der Waals surface area contributed by atoms with E-state index in [9.17, 15) is 0 Å². The summed E-state index contributed by atoms with van der Waals surface area (Å²) in [6, 6.07) is 13.7. The maximum absolute atomic E-state index is 6.26. The van der Waals surface area contributed by atoms with Crippen LogP contribution in [0.5, 0.6) is 17.2 Å². The lowest BCUT2D eigenvalue weighted by molar-refractivity contribution is 0.407. The van der Waals surface area contributed by atoms with Crippen molar-refractivity contribution in [3.63, 3.8) is 0 Å². The second-order valence-electron chi connectivity index (χ2n) is 8.32. The number of rotatable bonds is 4. The number of anilines is 1. The Morgan fingerprint density at radius 3 is 2.43 bits per heavy atom. The van der Waals surface area contributed by atoms with E-state index < -0.39 is 0 Å². The van der Waals surface area contributed by atoms with E-state index in [1.807, 2.05) is 49.4 Å². The molecule has 6 heteroatoms. The number of aromatic nitrogens is 3. The van der Waals surface area contributed by atoms with Crippen molar-refractivity contribution in [1.29, 1.82) is 0 Å². The van der Waals surface area contributed by atoms with E-state index in [4.69, 9.17) is 15.2 Å². The summed E-state index contributed by atoms with van der Waals surface area (Å²) in [7, 11) is 1.65. The number of aryl methyl sites for hydroxylation is 1. The van der Waals surface area contributed by atoms with Crippen LogP contribution >= 0.6 is 0 Å². The average molecular weight is 402 g/mol. The van der Waals surface area contributed by atoms with Crippen LogP contribution in [0.1, 0.15) is 26.3 Å². The maximum atomic E-state index is 6.26. The van der Waals surface area contributed by atoms with E-state index in [2.05, 4.69) is 41.5 Å². The van der Waals surface area contributed by atoms with Crippen LogP contribution in [0.3, 0.4) is 0 Å². The minimum Gasteiger partial charge on any atom is -0.496 e. The Bertz CT molecular complexity index is 1220. The summed E-state index contributed by atoms with van der Waals surface area (Å²) in [5.41, 5.74) is 9.86. The van der Waals surface area contributed by atoms with Crippen molar-refractivity contribution in [2.24, 2.45) is 0 Å². The number of methoxy groups -OCH3 is 1. The molecule has 0 spiro atoms. The number of hydrogen-bond acceptors (Lipinski definition) is 5. The summed E-state index contributed by atoms with van der Waals surface area (Å²) in [5, 5.41) is 0.818. The largest absolute Gasteiger partial charge is 0.496 e. The van der Waals surface area contributed by atoms with Crippen molar-refractivity contribution < 1.29 is 9.47 Å². The van der Waals surface area contributed by atoms with Crippen molar-refractivity contribution in [3.05, 3.63) is 60.6 Å². The maximum Gasteiger partial charge on any atom is 0.146 e. The molecule has 0 atom stereocenters. The first-order valence-corrected chi connectivity index (χ1v) is 9.83. The van der Waals surface area contributed by atoms with Crippen molar-refractivity contribution in [3.8, 4) is 28.4 Å². The van der Waals surface area contributed by atoms with Crippen molar-refractivity contribution in [2.45, 2.75) is 33.2 Å². The number of nitrogens with zero attached hydrogens (tertiary/aromatic N) is 3. The molecular formula is C24H26N4O2. The van der Waals surface area contributed by atoms with Gasteiger partial charge in [0.15, 0.2) is 0 Å². The van der Waals surface area contributed by atoms with Gasteiger partial charge < -0.3 is 19.8 Å². The van der Waals surface area contributed by atoms with Crippen LogP contribution in [-0.4, -0.2) is 21.6 Å². The summed E-state index contributed by atoms with van der Waals surface area (Å²) < 4.78 is 13.9. The van der Waals surface area contributed by atoms with Gasteiger partial charge in [0.1, 0.15) is 35.0 Å². The minimum absolute atomic E-state index is 0.168. The van der Waals surface area contributed by atoms with Gasteiger partial charge in [-0.25, -0.2) is 9.97 Å². The first-order chi connectivity index (χ1) is 14.3. The number of nitrogens with two attached hydrogens (primary N) is 1. The number of benzene rings is 2. The van der Waals surface area contributed by atoms with E-state index in [1.54, 1.807) is 7.11 Å². The highest BCUT2D eigenvalue weighted by Crippen LogP contribution is 2.41. The van der Waals surface area contributed by atoms with Crippen molar-refractivity contribution in [2.75, 3.05) is 12.8 Å². The lowest BCUT2D eigenvalue weighted by Gasteiger charge is -2.21. The lowest BCUT2D eigenvalue weighted by atomic mass is 10.0. The summed E-state index contributed by atoms with van der Waals surface area (Å²) >= 11 is 0. The molecule has 6 nitrogen and oxygen atoms in total. The molecule has 154 valence electrons. The van der Waals surface area contributed by atoms with E-state index in [-0.39, 0.29) is 5.54 Å². The van der Waals surface area contributed by atoms with Gasteiger partial charge in [-0.2, -0.15) is 0 Å². The van der Waals surface area contributed by atoms with Gasteiger partial charge in [-0.05, 0) is 57.5 Å². The molecular weight excluding hydrogens is 376 g/mol. The van der Waals surface area contributed by atoms with Gasteiger partial charge in [-0.1, -0.05) is 12.1 Å². The lowest BCUT2D eigenvalue weighted by Crippen LogP contribution is -2.21. The molecule has 2 N–H and O–H groups in total. The third-order valence-corrected chi connectivity index (χ3v) is 5.02. The molecule has 0 unspecified atom stereocenters. The van der Waals surface area contributed by atoms with Crippen LogP contribution in [0.15, 0.2) is 55.0 Å². The molecule has 4 rings (SSSR count). The highest BCUT2D eigenvalue weighted by atomic mass is 16.5. The third kappa shape index (κ3) is 3.56. The molecule has 0 amide bonds. The number of fused-ring (bicyclic) bond motifs is 1. The first-order valence-electron chi connectivity index (χ1n) is 9.83. The van der Waals surface area contributed by atoms with Gasteiger partial charge in [0.25, 0.3) is 0 Å². The highest BCUT2D eigenvalue weighted by Gasteiger charge is 2.23. The second-order valence-corrected chi connectivity index (χ2v) is 8.32. The topological polar surface area (TPSA) is 75.2 Å². The van der Waals surface area contributed by atoms with Gasteiger partial charge in [0, 0.05) is 28.9 Å². The summed E-state index contributed by atoms with van der Waals surface area (Å²) in [5.74, 6) is 2.62. The van der Waals surface area contributed by atoms with E-state index >= 15 is 0 Å². The molecule has 4 aromatic rings. The van der Waals surface area contributed by atoms with Gasteiger partial charge in [0.05, 0.1) is 12.5 Å². The number of ether oxygens (including phenoxy) is 2. The number of hydrogen-bond donors (Lipinski definition) is 1. The molecule has 0 bridgehead atoms. The van der Waals surface area contributed by atoms with Gasteiger partial charge >= 0.3 is 0 Å². The van der Waals surface area contributed by atoms with E-state index in [0.717, 1.165) is 33.5 Å². The van der Waals surface area contributed by atoms with Gasteiger partial charge in [-0.15, -0.1) is 0 Å². The fourth-order valence-electron chi connectivity index (χ4n) is 3.57. The second kappa shape index (κ2) is 7.37. The quantitative estimate of drug-likeness (QED) is 0.485. The SMILES string of the molecule is COc1cc(Oc2cccc(C)c2)ccc1-c1cn(C(C)(C)C)c2ncnc(N)c12. The first kappa shape index (κ1) is 19.8. The predicted molar refractivity (Wildman–Crippen MR) is 120 cm³/mol. The molecule has 0 fully saturated rings. The Hall–Kier alpha value is -3.54. The highest BCUT2D eigenvalue weighted by molar-refractivity contribution is 6.02. The Labute approximate surface area is 176 Å². The summed E-state index contributed by atoms with van der Waals surface area (Å²) in [6.45, 7) is 8.42. The monoisotopic (exact) mass is 402 g/mol. The molecule has 0 aliphatic carbocycles. The Morgan fingerprint density at radius 2 is 1.73 bits per heavy atom. The van der Waals surface area contributed by atoms with E-state index in [1.165, 1.54) is 6.33 Å². The van der Waals surface area contributed by atoms with Gasteiger partial charge in [-0.3, -0.25) is 0 Å². The van der Waals surface area contributed by atoms with E-state index in [0.29, 0.717) is 17.3 Å². The molecule has 2 aromatic carbocycles. The smallest absolute Gasteiger partial charge is 0.146 e. The van der Waals surface area contributed by atoms with Crippen LogP contribution in [0, 0.1) is 6.92 Å². The molecule has 0 radical (unpaired) electrons. The molecule has 0 saturated carbocycles. The fourth-order valence-corrected chi connectivity index (χ4v) is 3.57. The zero-order chi connectivity index (χ0) is 21.5. The standard InChI is InChI=1S/C24H26N4O2/c1-15-7-6-8-16(11-15)30-17-9-10-18(20(12-17)29-5)19-13-28(24(2,3)4)23-21(19)22(25)26-14-27-23/h6-14H,1-5H3,(H2,25,26,27). The Morgan fingerprint density at radius 1 is 0.967 bits per heavy atom. The fraction of sp³-hybridized carbons (Fsp3) is 0.250.